The SMILES string of the molecule is CC1CN(C(=O)CC23CC4CC(CC(O)(C4)C2)C3)CC(c2ccccc2)O1. The second-order valence-corrected chi connectivity index (χ2v) is 10.0. The van der Waals surface area contributed by atoms with Gasteiger partial charge in [0.05, 0.1) is 18.2 Å². The zero-order valence-electron chi connectivity index (χ0n) is 16.3. The van der Waals surface area contributed by atoms with Crippen LogP contribution in [0.1, 0.15) is 63.5 Å². The molecule has 4 bridgehead atoms. The molecule has 1 heterocycles. The summed E-state index contributed by atoms with van der Waals surface area (Å²) in [5, 5.41) is 11.0. The highest BCUT2D eigenvalue weighted by Gasteiger charge is 2.57. The lowest BCUT2D eigenvalue weighted by Gasteiger charge is -2.60. The van der Waals surface area contributed by atoms with Crippen LogP contribution < -0.4 is 0 Å². The van der Waals surface area contributed by atoms with Crippen LogP contribution in [-0.4, -0.2) is 40.7 Å². The van der Waals surface area contributed by atoms with E-state index in [1.807, 2.05) is 23.1 Å². The quantitative estimate of drug-likeness (QED) is 0.884. The standard InChI is InChI=1S/C23H31NO3/c1-16-13-24(14-20(27-16)19-5-3-2-4-6-19)21(25)12-22-8-17-7-18(9-22)11-23(26,10-17)15-22/h2-6,16-18,20,26H,7-15H2,1H3. The highest BCUT2D eigenvalue weighted by atomic mass is 16.5. The molecule has 4 nitrogen and oxygen atoms in total. The van der Waals surface area contributed by atoms with Gasteiger partial charge >= 0.3 is 0 Å². The second kappa shape index (κ2) is 6.31. The van der Waals surface area contributed by atoms with Crippen molar-refractivity contribution in [3.8, 4) is 0 Å². The molecule has 5 aliphatic rings. The fraction of sp³-hybridized carbons (Fsp3) is 0.696. The molecular formula is C23H31NO3. The largest absolute Gasteiger partial charge is 0.390 e. The maximum absolute atomic E-state index is 13.3. The highest BCUT2D eigenvalue weighted by molar-refractivity contribution is 5.77. The van der Waals surface area contributed by atoms with Crippen LogP contribution in [0.3, 0.4) is 0 Å². The van der Waals surface area contributed by atoms with E-state index < -0.39 is 5.60 Å². The van der Waals surface area contributed by atoms with Crippen molar-refractivity contribution in [1.29, 1.82) is 0 Å². The van der Waals surface area contributed by atoms with Gasteiger partial charge < -0.3 is 14.7 Å². The Kier molecular flexibility index (Phi) is 4.14. The van der Waals surface area contributed by atoms with Crippen molar-refractivity contribution in [1.82, 2.24) is 4.90 Å². The molecule has 0 aromatic heterocycles. The third-order valence-electron chi connectivity index (χ3n) is 7.46. The summed E-state index contributed by atoms with van der Waals surface area (Å²) in [5.74, 6) is 1.52. The molecule has 1 saturated heterocycles. The highest BCUT2D eigenvalue weighted by Crippen LogP contribution is 2.62. The number of benzene rings is 1. The van der Waals surface area contributed by atoms with Crippen molar-refractivity contribution >= 4 is 5.91 Å². The number of amides is 1. The monoisotopic (exact) mass is 369 g/mol. The Morgan fingerprint density at radius 1 is 1.15 bits per heavy atom. The lowest BCUT2D eigenvalue weighted by molar-refractivity contribution is -0.175. The summed E-state index contributed by atoms with van der Waals surface area (Å²) in [6.07, 6.45) is 6.92. The van der Waals surface area contributed by atoms with E-state index in [4.69, 9.17) is 4.74 Å². The van der Waals surface area contributed by atoms with Gasteiger partial charge in [0, 0.05) is 13.0 Å². The summed E-state index contributed by atoms with van der Waals surface area (Å²) < 4.78 is 6.13. The number of hydrogen-bond donors (Lipinski definition) is 1. The Bertz CT molecular complexity index is 704. The lowest BCUT2D eigenvalue weighted by atomic mass is 9.47. The van der Waals surface area contributed by atoms with Gasteiger partial charge in [0.1, 0.15) is 6.10 Å². The zero-order chi connectivity index (χ0) is 18.6. The molecule has 4 saturated carbocycles. The first-order valence-corrected chi connectivity index (χ1v) is 10.6. The first kappa shape index (κ1) is 17.7. The van der Waals surface area contributed by atoms with E-state index in [9.17, 15) is 9.90 Å². The molecule has 5 fully saturated rings. The predicted octanol–water partition coefficient (Wildman–Crippen LogP) is 3.70. The fourth-order valence-electron chi connectivity index (χ4n) is 7.05. The maximum atomic E-state index is 13.3. The van der Waals surface area contributed by atoms with Crippen LogP contribution in [0.4, 0.5) is 0 Å². The third-order valence-corrected chi connectivity index (χ3v) is 7.46. The molecule has 27 heavy (non-hydrogen) atoms. The number of rotatable bonds is 3. The number of aliphatic hydroxyl groups is 1. The second-order valence-electron chi connectivity index (χ2n) is 10.0. The van der Waals surface area contributed by atoms with E-state index >= 15 is 0 Å². The third kappa shape index (κ3) is 3.31. The Hall–Kier alpha value is -1.39. The molecule has 1 amide bonds. The van der Waals surface area contributed by atoms with Crippen LogP contribution in [0.5, 0.6) is 0 Å². The molecule has 4 heteroatoms. The van der Waals surface area contributed by atoms with Crippen molar-refractivity contribution in [2.45, 2.75) is 69.7 Å². The Balaban J connectivity index is 1.31. The topological polar surface area (TPSA) is 49.8 Å². The normalized spacial score (nSPS) is 43.1. The minimum Gasteiger partial charge on any atom is -0.390 e. The van der Waals surface area contributed by atoms with Gasteiger partial charge in [-0.05, 0) is 68.3 Å². The average molecular weight is 370 g/mol. The van der Waals surface area contributed by atoms with E-state index in [1.165, 1.54) is 6.42 Å². The van der Waals surface area contributed by atoms with Crippen molar-refractivity contribution in [2.24, 2.45) is 17.3 Å². The van der Waals surface area contributed by atoms with E-state index in [2.05, 4.69) is 19.1 Å². The van der Waals surface area contributed by atoms with Gasteiger partial charge in [-0.25, -0.2) is 0 Å². The van der Waals surface area contributed by atoms with Crippen LogP contribution in [0.15, 0.2) is 30.3 Å². The lowest BCUT2D eigenvalue weighted by Crippen LogP contribution is -2.57. The van der Waals surface area contributed by atoms with Crippen LogP contribution in [0, 0.1) is 17.3 Å². The summed E-state index contributed by atoms with van der Waals surface area (Å²) in [5.41, 5.74) is 0.695. The molecule has 1 aromatic carbocycles. The van der Waals surface area contributed by atoms with Crippen molar-refractivity contribution in [3.05, 3.63) is 35.9 Å². The molecule has 146 valence electrons. The molecule has 4 aliphatic carbocycles. The first-order chi connectivity index (χ1) is 12.9. The average Bonchev–Trinajstić information content (AvgIpc) is 2.59. The zero-order valence-corrected chi connectivity index (χ0v) is 16.3. The van der Waals surface area contributed by atoms with E-state index in [1.54, 1.807) is 0 Å². The molecule has 4 unspecified atom stereocenters. The number of carbonyl (C=O) groups is 1. The first-order valence-electron chi connectivity index (χ1n) is 10.6. The van der Waals surface area contributed by atoms with Crippen molar-refractivity contribution in [3.63, 3.8) is 0 Å². The maximum Gasteiger partial charge on any atom is 0.223 e. The van der Waals surface area contributed by atoms with Gasteiger partial charge in [0.15, 0.2) is 0 Å². The molecule has 1 N–H and O–H groups in total. The minimum atomic E-state index is -0.491. The Morgan fingerprint density at radius 2 is 1.85 bits per heavy atom. The van der Waals surface area contributed by atoms with E-state index in [0.29, 0.717) is 31.3 Å². The van der Waals surface area contributed by atoms with Gasteiger partial charge in [-0.3, -0.25) is 4.79 Å². The van der Waals surface area contributed by atoms with Gasteiger partial charge in [0.2, 0.25) is 5.91 Å². The Morgan fingerprint density at radius 3 is 2.52 bits per heavy atom. The van der Waals surface area contributed by atoms with Crippen molar-refractivity contribution in [2.75, 3.05) is 13.1 Å². The molecule has 6 rings (SSSR count). The Labute approximate surface area is 161 Å². The summed E-state index contributed by atoms with van der Waals surface area (Å²) in [6.45, 7) is 3.37. The fourth-order valence-corrected chi connectivity index (χ4v) is 7.05. The van der Waals surface area contributed by atoms with Gasteiger partial charge in [-0.15, -0.1) is 0 Å². The summed E-state index contributed by atoms with van der Waals surface area (Å²) in [4.78, 5) is 15.3. The summed E-state index contributed by atoms with van der Waals surface area (Å²) in [6, 6.07) is 10.2. The molecule has 0 radical (unpaired) electrons. The van der Waals surface area contributed by atoms with Gasteiger partial charge in [-0.2, -0.15) is 0 Å². The number of carbonyl (C=O) groups excluding carboxylic acids is 1. The van der Waals surface area contributed by atoms with Gasteiger partial charge in [-0.1, -0.05) is 30.3 Å². The molecular weight excluding hydrogens is 338 g/mol. The number of nitrogens with zero attached hydrogens (tertiary/aromatic N) is 1. The minimum absolute atomic E-state index is 0.0414. The van der Waals surface area contributed by atoms with E-state index in [0.717, 1.165) is 37.7 Å². The molecule has 4 atom stereocenters. The van der Waals surface area contributed by atoms with Crippen LogP contribution in [-0.2, 0) is 9.53 Å². The van der Waals surface area contributed by atoms with Crippen molar-refractivity contribution < 1.29 is 14.6 Å². The number of hydrogen-bond acceptors (Lipinski definition) is 3. The summed E-state index contributed by atoms with van der Waals surface area (Å²) in [7, 11) is 0. The van der Waals surface area contributed by atoms with Crippen LogP contribution in [0.25, 0.3) is 0 Å². The van der Waals surface area contributed by atoms with Crippen LogP contribution in [0.2, 0.25) is 0 Å². The van der Waals surface area contributed by atoms with Gasteiger partial charge in [0.25, 0.3) is 0 Å². The molecule has 0 spiro atoms. The smallest absolute Gasteiger partial charge is 0.223 e. The van der Waals surface area contributed by atoms with Crippen LogP contribution >= 0.6 is 0 Å². The molecule has 1 aromatic rings. The predicted molar refractivity (Wildman–Crippen MR) is 103 cm³/mol. The molecule has 1 aliphatic heterocycles. The number of ether oxygens (including phenoxy) is 1. The summed E-state index contributed by atoms with van der Waals surface area (Å²) >= 11 is 0. The van der Waals surface area contributed by atoms with E-state index in [-0.39, 0.29) is 23.5 Å². The number of morpholine rings is 1.